The molecule has 2 aliphatic rings. The summed E-state index contributed by atoms with van der Waals surface area (Å²) in [4.78, 5) is 0. The molecule has 3 aromatic rings. The zero-order valence-electron chi connectivity index (χ0n) is 28.5. The lowest BCUT2D eigenvalue weighted by Crippen LogP contribution is -2.30. The van der Waals surface area contributed by atoms with Crippen molar-refractivity contribution in [2.75, 3.05) is 0 Å². The highest BCUT2D eigenvalue weighted by Crippen LogP contribution is 2.46. The van der Waals surface area contributed by atoms with E-state index >= 15 is 8.78 Å². The van der Waals surface area contributed by atoms with Gasteiger partial charge in [0.15, 0.2) is 0 Å². The van der Waals surface area contributed by atoms with Gasteiger partial charge >= 0.3 is 24.7 Å². The summed E-state index contributed by atoms with van der Waals surface area (Å²) in [6, 6.07) is 5.95. The van der Waals surface area contributed by atoms with Gasteiger partial charge in [-0.25, -0.2) is 17.9 Å². The monoisotopic (exact) mass is 770 g/mol. The molecule has 0 radical (unpaired) electrons. The van der Waals surface area contributed by atoms with Crippen LogP contribution in [0.2, 0.25) is 0 Å². The first-order valence-corrected chi connectivity index (χ1v) is 17.5. The maximum absolute atomic E-state index is 15.1. The van der Waals surface area contributed by atoms with Crippen molar-refractivity contribution in [2.24, 2.45) is 17.8 Å². The van der Waals surface area contributed by atoms with Gasteiger partial charge in [0.05, 0.1) is 5.56 Å². The van der Waals surface area contributed by atoms with Gasteiger partial charge in [0.25, 0.3) is 0 Å². The van der Waals surface area contributed by atoms with Crippen LogP contribution in [0.4, 0.5) is 52.7 Å². The maximum atomic E-state index is 15.1. The Balaban J connectivity index is 1.18. The van der Waals surface area contributed by atoms with Crippen molar-refractivity contribution < 1.29 is 66.9 Å². The molecule has 0 unspecified atom stereocenters. The van der Waals surface area contributed by atoms with Crippen LogP contribution in [0.5, 0.6) is 11.5 Å². The predicted octanol–water partition coefficient (Wildman–Crippen LogP) is 13.2. The molecule has 0 atom stereocenters. The molecule has 0 N–H and O–H groups in total. The molecule has 2 fully saturated rings. The van der Waals surface area contributed by atoms with Crippen LogP contribution in [-0.2, 0) is 23.1 Å². The number of rotatable bonds is 13. The second-order valence-electron chi connectivity index (χ2n) is 13.9. The third-order valence-electron chi connectivity index (χ3n) is 10.3. The molecule has 0 aliphatic heterocycles. The van der Waals surface area contributed by atoms with Gasteiger partial charge in [0, 0.05) is 18.2 Å². The number of unbranched alkanes of at least 4 members (excludes halogenated alkanes) is 1. The van der Waals surface area contributed by atoms with E-state index in [9.17, 15) is 43.9 Å². The van der Waals surface area contributed by atoms with Gasteiger partial charge in [-0.05, 0) is 92.0 Å². The number of hydrogen-bond acceptors (Lipinski definition) is 3. The molecule has 0 heterocycles. The van der Waals surface area contributed by atoms with Crippen LogP contribution in [0.3, 0.4) is 0 Å². The number of ether oxygens (including phenoxy) is 3. The first kappa shape index (κ1) is 40.6. The van der Waals surface area contributed by atoms with E-state index < -0.39 is 70.3 Å². The van der Waals surface area contributed by atoms with Crippen molar-refractivity contribution in [3.8, 4) is 11.5 Å². The molecule has 0 aromatic heterocycles. The fraction of sp³-hybridized carbons (Fsp3) is 0.526. The Hall–Kier alpha value is -3.62. The number of alkyl halides is 9. The van der Waals surface area contributed by atoms with Gasteiger partial charge in [-0.2, -0.15) is 26.3 Å². The number of benzene rings is 3. The van der Waals surface area contributed by atoms with Crippen molar-refractivity contribution in [1.82, 2.24) is 0 Å². The van der Waals surface area contributed by atoms with Gasteiger partial charge in [-0.15, -0.1) is 13.2 Å². The number of halogens is 12. The lowest BCUT2D eigenvalue weighted by Gasteiger charge is -2.38. The first-order chi connectivity index (χ1) is 24.8. The topological polar surface area (TPSA) is 27.7 Å². The molecule has 15 heteroatoms. The molecule has 0 saturated heterocycles. The Labute approximate surface area is 298 Å². The molecule has 3 nitrogen and oxygen atoms in total. The lowest BCUT2D eigenvalue weighted by molar-refractivity contribution is -0.432. The van der Waals surface area contributed by atoms with E-state index in [0.717, 1.165) is 43.1 Å². The quantitative estimate of drug-likeness (QED) is 0.162. The van der Waals surface area contributed by atoms with Gasteiger partial charge in [-0.1, -0.05) is 51.2 Å². The molecule has 5 rings (SSSR count). The van der Waals surface area contributed by atoms with Crippen LogP contribution in [-0.4, -0.2) is 6.36 Å². The molecule has 0 amide bonds. The molecule has 2 saturated carbocycles. The Kier molecular flexibility index (Phi) is 12.2. The molecule has 292 valence electrons. The second-order valence-corrected chi connectivity index (χ2v) is 13.9. The molecule has 2 aliphatic carbocycles. The summed E-state index contributed by atoms with van der Waals surface area (Å²) in [6.45, 7) is 2.22. The Morgan fingerprint density at radius 3 is 1.64 bits per heavy atom. The van der Waals surface area contributed by atoms with Crippen LogP contribution >= 0.6 is 0 Å². The largest absolute Gasteiger partial charge is 0.527 e. The van der Waals surface area contributed by atoms with E-state index in [0.29, 0.717) is 12.0 Å². The van der Waals surface area contributed by atoms with E-state index in [-0.39, 0.29) is 30.2 Å². The summed E-state index contributed by atoms with van der Waals surface area (Å²) >= 11 is 0. The highest BCUT2D eigenvalue weighted by atomic mass is 19.4. The highest BCUT2D eigenvalue weighted by molar-refractivity contribution is 5.36. The Bertz CT molecular complexity index is 1650. The second kappa shape index (κ2) is 16.0. The van der Waals surface area contributed by atoms with Gasteiger partial charge in [-0.3, -0.25) is 0 Å². The normalized spacial score (nSPS) is 21.8. The standard InChI is InChI=1S/C38H38F12O3/c1-2-3-4-22-5-7-23(8-6-22)24-9-11-25(12-10-24)26-13-15-27(16-14-26)35(42,43)51-28-17-18-30(31(39)19-28)36(44,45)52-29-20-32(40)34(33(41)21-29)37(46,47)53-38(48,49)50/h13-25H,2-12H2,1H3. The SMILES string of the molecule is CCCCC1CCC(C2CCC(c3ccc(C(F)(F)Oc4ccc(C(F)(F)Oc5cc(F)c(C(F)(F)OC(F)(F)F)c(F)c5)c(F)c4)cc3)CC2)CC1. The highest BCUT2D eigenvalue weighted by Gasteiger charge is 2.50. The van der Waals surface area contributed by atoms with E-state index in [1.54, 1.807) is 12.1 Å². The Morgan fingerprint density at radius 1 is 0.585 bits per heavy atom. The van der Waals surface area contributed by atoms with Crippen molar-refractivity contribution >= 4 is 0 Å². The summed E-state index contributed by atoms with van der Waals surface area (Å²) in [5.74, 6) is -6.69. The van der Waals surface area contributed by atoms with E-state index in [4.69, 9.17) is 0 Å². The molecule has 3 aromatic carbocycles. The zero-order valence-corrected chi connectivity index (χ0v) is 28.5. The third-order valence-corrected chi connectivity index (χ3v) is 10.3. The van der Waals surface area contributed by atoms with Crippen molar-refractivity contribution in [3.63, 3.8) is 0 Å². The van der Waals surface area contributed by atoms with Crippen LogP contribution in [0.25, 0.3) is 0 Å². The minimum Gasteiger partial charge on any atom is -0.429 e. The van der Waals surface area contributed by atoms with Crippen molar-refractivity contribution in [1.29, 1.82) is 0 Å². The first-order valence-electron chi connectivity index (χ1n) is 17.5. The van der Waals surface area contributed by atoms with Gasteiger partial charge in [0.1, 0.15) is 40.1 Å². The minimum absolute atomic E-state index is 0.185. The van der Waals surface area contributed by atoms with Crippen LogP contribution < -0.4 is 9.47 Å². The zero-order chi connectivity index (χ0) is 38.8. The lowest BCUT2D eigenvalue weighted by atomic mass is 9.68. The molecule has 0 spiro atoms. The van der Waals surface area contributed by atoms with Crippen LogP contribution in [0.1, 0.15) is 106 Å². The summed E-state index contributed by atoms with van der Waals surface area (Å²) in [5, 5.41) is 0. The smallest absolute Gasteiger partial charge is 0.429 e. The van der Waals surface area contributed by atoms with Gasteiger partial charge < -0.3 is 9.47 Å². The van der Waals surface area contributed by atoms with Crippen molar-refractivity contribution in [3.05, 3.63) is 94.3 Å². The predicted molar refractivity (Wildman–Crippen MR) is 169 cm³/mol. The average Bonchev–Trinajstić information content (AvgIpc) is 3.05. The molecule has 53 heavy (non-hydrogen) atoms. The Morgan fingerprint density at radius 2 is 1.11 bits per heavy atom. The molecule has 0 bridgehead atoms. The third kappa shape index (κ3) is 10.1. The average molecular weight is 771 g/mol. The summed E-state index contributed by atoms with van der Waals surface area (Å²) in [7, 11) is 0. The van der Waals surface area contributed by atoms with E-state index in [1.807, 2.05) is 0 Å². The van der Waals surface area contributed by atoms with Crippen molar-refractivity contribution in [2.45, 2.75) is 108 Å². The minimum atomic E-state index is -6.03. The van der Waals surface area contributed by atoms with E-state index in [2.05, 4.69) is 21.1 Å². The fourth-order valence-corrected chi connectivity index (χ4v) is 7.60. The molecular formula is C38H38F12O3. The summed E-state index contributed by atoms with van der Waals surface area (Å²) < 4.78 is 178. The fourth-order valence-electron chi connectivity index (χ4n) is 7.60. The van der Waals surface area contributed by atoms with Crippen LogP contribution in [0.15, 0.2) is 54.6 Å². The maximum Gasteiger partial charge on any atom is 0.527 e. The summed E-state index contributed by atoms with van der Waals surface area (Å²) in [6.07, 6.45) is -7.40. The van der Waals surface area contributed by atoms with Gasteiger partial charge in [0.2, 0.25) is 0 Å². The number of hydrogen-bond donors (Lipinski definition) is 0. The summed E-state index contributed by atoms with van der Waals surface area (Å²) in [5.41, 5.74) is -3.86. The molecular weight excluding hydrogens is 732 g/mol. The van der Waals surface area contributed by atoms with E-state index in [1.165, 1.54) is 57.1 Å². The van der Waals surface area contributed by atoms with Crippen LogP contribution in [0, 0.1) is 35.2 Å².